The van der Waals surface area contributed by atoms with E-state index in [1.165, 1.54) is 23.9 Å². The predicted octanol–water partition coefficient (Wildman–Crippen LogP) is 2.04. The zero-order valence-corrected chi connectivity index (χ0v) is 15.9. The van der Waals surface area contributed by atoms with E-state index in [9.17, 15) is 14.4 Å². The van der Waals surface area contributed by atoms with Gasteiger partial charge in [0, 0.05) is 25.2 Å². The van der Waals surface area contributed by atoms with Gasteiger partial charge in [-0.05, 0) is 32.0 Å². The Hall–Kier alpha value is -2.86. The largest absolute Gasteiger partial charge is 0.447 e. The minimum atomic E-state index is -0.647. The number of esters is 1. The summed E-state index contributed by atoms with van der Waals surface area (Å²) in [5.74, 6) is -1.31. The zero-order chi connectivity index (χ0) is 19.8. The molecule has 27 heavy (non-hydrogen) atoms. The number of rotatable bonds is 7. The molecule has 2 amide bonds. The topological polar surface area (TPSA) is 112 Å². The van der Waals surface area contributed by atoms with E-state index in [1.807, 2.05) is 18.7 Å². The number of nitriles is 1. The molecule has 0 radical (unpaired) electrons. The molecule has 1 aromatic carbocycles. The quantitative estimate of drug-likeness (QED) is 0.711. The Kier molecular flexibility index (Phi) is 7.37. The zero-order valence-electron chi connectivity index (χ0n) is 15.1. The second-order valence-electron chi connectivity index (χ2n) is 5.58. The summed E-state index contributed by atoms with van der Waals surface area (Å²) in [5, 5.41) is 11.2. The van der Waals surface area contributed by atoms with E-state index in [0.29, 0.717) is 10.9 Å². The third-order valence-electron chi connectivity index (χ3n) is 3.78. The van der Waals surface area contributed by atoms with Crippen molar-refractivity contribution in [2.24, 2.45) is 4.99 Å². The van der Waals surface area contributed by atoms with E-state index in [1.54, 1.807) is 18.2 Å². The van der Waals surface area contributed by atoms with Gasteiger partial charge in [-0.3, -0.25) is 9.59 Å². The van der Waals surface area contributed by atoms with Crippen LogP contribution in [0.25, 0.3) is 0 Å². The van der Waals surface area contributed by atoms with E-state index >= 15 is 0 Å². The highest BCUT2D eigenvalue weighted by Crippen LogP contribution is 2.27. The molecule has 0 aliphatic carbocycles. The first kappa shape index (κ1) is 20.5. The number of carbonyl (C=O) groups is 3. The van der Waals surface area contributed by atoms with Gasteiger partial charge in [0.15, 0.2) is 11.8 Å². The molecule has 1 atom stereocenters. The maximum absolute atomic E-state index is 12.3. The van der Waals surface area contributed by atoms with Gasteiger partial charge in [0.05, 0.1) is 5.56 Å². The van der Waals surface area contributed by atoms with Crippen molar-refractivity contribution >= 4 is 40.4 Å². The number of hydrogen-bond acceptors (Lipinski definition) is 7. The van der Waals surface area contributed by atoms with Crippen molar-refractivity contribution in [1.82, 2.24) is 4.90 Å². The van der Waals surface area contributed by atoms with Crippen LogP contribution in [0.5, 0.6) is 0 Å². The van der Waals surface area contributed by atoms with Gasteiger partial charge in [-0.15, -0.1) is 0 Å². The fourth-order valence-corrected chi connectivity index (χ4v) is 3.62. The van der Waals surface area contributed by atoms with Crippen molar-refractivity contribution < 1.29 is 19.1 Å². The lowest BCUT2D eigenvalue weighted by Crippen LogP contribution is -2.27. The van der Waals surface area contributed by atoms with Crippen LogP contribution < -0.4 is 5.32 Å². The van der Waals surface area contributed by atoms with Crippen molar-refractivity contribution in [1.29, 1.82) is 5.26 Å². The summed E-state index contributed by atoms with van der Waals surface area (Å²) in [6, 6.07) is 7.92. The molecule has 0 spiro atoms. The highest BCUT2D eigenvalue weighted by atomic mass is 32.2. The third-order valence-corrected chi connectivity index (χ3v) is 5.00. The number of ether oxygens (including phenoxy) is 1. The van der Waals surface area contributed by atoms with Crippen LogP contribution in [0.1, 0.15) is 30.6 Å². The fourth-order valence-electron chi connectivity index (χ4n) is 2.42. The molecule has 2 rings (SSSR count). The van der Waals surface area contributed by atoms with E-state index in [-0.39, 0.29) is 30.4 Å². The molecule has 142 valence electrons. The van der Waals surface area contributed by atoms with Crippen molar-refractivity contribution in [2.45, 2.75) is 25.5 Å². The van der Waals surface area contributed by atoms with Crippen LogP contribution >= 0.6 is 11.8 Å². The SMILES string of the molecule is CCN(CC)C1=NC(=O)C(CC(=O)Nc2cccc(C(=O)OCC#N)c2)S1. The van der Waals surface area contributed by atoms with Crippen LogP contribution in [0.3, 0.4) is 0 Å². The van der Waals surface area contributed by atoms with Crippen LogP contribution in [-0.2, 0) is 14.3 Å². The Morgan fingerprint density at radius 2 is 2.11 bits per heavy atom. The van der Waals surface area contributed by atoms with Gasteiger partial charge < -0.3 is 15.0 Å². The number of hydrogen-bond donors (Lipinski definition) is 1. The molecular weight excluding hydrogens is 368 g/mol. The summed E-state index contributed by atoms with van der Waals surface area (Å²) in [4.78, 5) is 42.1. The van der Waals surface area contributed by atoms with Gasteiger partial charge in [-0.2, -0.15) is 10.3 Å². The Balaban J connectivity index is 1.94. The summed E-state index contributed by atoms with van der Waals surface area (Å²) >= 11 is 1.29. The van der Waals surface area contributed by atoms with Crippen molar-refractivity contribution in [2.75, 3.05) is 25.0 Å². The number of amidine groups is 1. The van der Waals surface area contributed by atoms with Gasteiger partial charge in [-0.1, -0.05) is 17.8 Å². The number of thioether (sulfide) groups is 1. The molecule has 8 nitrogen and oxygen atoms in total. The van der Waals surface area contributed by atoms with Crippen LogP contribution in [0.15, 0.2) is 29.3 Å². The minimum Gasteiger partial charge on any atom is -0.447 e. The standard InChI is InChI=1S/C18H20N4O4S/c1-3-22(4-2)18-21-16(24)14(27-18)11-15(23)20-13-7-5-6-12(10-13)17(25)26-9-8-19/h5-7,10,14H,3-4,9,11H2,1-2H3,(H,20,23). The van der Waals surface area contributed by atoms with Gasteiger partial charge >= 0.3 is 5.97 Å². The number of anilines is 1. The summed E-state index contributed by atoms with van der Waals surface area (Å²) in [6.07, 6.45) is -0.0130. The molecule has 0 aromatic heterocycles. The molecule has 1 aliphatic heterocycles. The summed E-state index contributed by atoms with van der Waals surface area (Å²) in [7, 11) is 0. The normalized spacial score (nSPS) is 15.7. The van der Waals surface area contributed by atoms with Gasteiger partial charge in [-0.25, -0.2) is 4.79 Å². The fraction of sp³-hybridized carbons (Fsp3) is 0.389. The molecule has 0 saturated heterocycles. The van der Waals surface area contributed by atoms with Gasteiger partial charge in [0.1, 0.15) is 11.3 Å². The van der Waals surface area contributed by atoms with Gasteiger partial charge in [0.25, 0.3) is 5.91 Å². The number of nitrogens with one attached hydrogen (secondary N) is 1. The summed E-state index contributed by atoms with van der Waals surface area (Å²) < 4.78 is 4.73. The number of amides is 2. The number of nitrogens with zero attached hydrogens (tertiary/aromatic N) is 3. The van der Waals surface area contributed by atoms with E-state index in [0.717, 1.165) is 13.1 Å². The molecule has 0 fully saturated rings. The molecule has 1 aromatic rings. The predicted molar refractivity (Wildman–Crippen MR) is 102 cm³/mol. The van der Waals surface area contributed by atoms with Crippen molar-refractivity contribution in [3.05, 3.63) is 29.8 Å². The van der Waals surface area contributed by atoms with Crippen LogP contribution in [0.2, 0.25) is 0 Å². The first-order chi connectivity index (χ1) is 13.0. The average Bonchev–Trinajstić information content (AvgIpc) is 3.01. The summed E-state index contributed by atoms with van der Waals surface area (Å²) in [6.45, 7) is 5.09. The highest BCUT2D eigenvalue weighted by Gasteiger charge is 2.32. The molecule has 9 heteroatoms. The van der Waals surface area contributed by atoms with E-state index < -0.39 is 11.2 Å². The molecule has 1 N–H and O–H groups in total. The number of benzene rings is 1. The molecular formula is C18H20N4O4S. The summed E-state index contributed by atoms with van der Waals surface area (Å²) in [5.41, 5.74) is 0.633. The maximum atomic E-state index is 12.3. The maximum Gasteiger partial charge on any atom is 0.339 e. The molecule has 1 heterocycles. The number of carbonyl (C=O) groups excluding carboxylic acids is 3. The van der Waals surface area contributed by atoms with E-state index in [2.05, 4.69) is 10.3 Å². The minimum absolute atomic E-state index is 0.0130. The Morgan fingerprint density at radius 1 is 1.37 bits per heavy atom. The van der Waals surface area contributed by atoms with Gasteiger partial charge in [0.2, 0.25) is 5.91 Å². The second-order valence-corrected chi connectivity index (χ2v) is 6.75. The molecule has 1 aliphatic rings. The molecule has 0 saturated carbocycles. The Labute approximate surface area is 161 Å². The molecule has 1 unspecified atom stereocenters. The lowest BCUT2D eigenvalue weighted by atomic mass is 10.2. The smallest absolute Gasteiger partial charge is 0.339 e. The average molecular weight is 388 g/mol. The van der Waals surface area contributed by atoms with Crippen LogP contribution in [0.4, 0.5) is 5.69 Å². The Bertz CT molecular complexity index is 799. The number of aliphatic imine (C=N–C) groups is 1. The highest BCUT2D eigenvalue weighted by molar-refractivity contribution is 8.15. The molecule has 0 bridgehead atoms. The first-order valence-electron chi connectivity index (χ1n) is 8.46. The second kappa shape index (κ2) is 9.73. The van der Waals surface area contributed by atoms with Crippen LogP contribution in [0, 0.1) is 11.3 Å². The monoisotopic (exact) mass is 388 g/mol. The lowest BCUT2D eigenvalue weighted by molar-refractivity contribution is -0.121. The lowest BCUT2D eigenvalue weighted by Gasteiger charge is -2.19. The van der Waals surface area contributed by atoms with Crippen molar-refractivity contribution in [3.8, 4) is 6.07 Å². The van der Waals surface area contributed by atoms with Crippen LogP contribution in [-0.4, -0.2) is 52.8 Å². The van der Waals surface area contributed by atoms with E-state index in [4.69, 9.17) is 10.00 Å². The first-order valence-corrected chi connectivity index (χ1v) is 9.34. The third kappa shape index (κ3) is 5.56. The Morgan fingerprint density at radius 3 is 2.78 bits per heavy atom. The van der Waals surface area contributed by atoms with Crippen molar-refractivity contribution in [3.63, 3.8) is 0 Å².